The highest BCUT2D eigenvalue weighted by atomic mass is 127. The lowest BCUT2D eigenvalue weighted by Gasteiger charge is -2.11. The van der Waals surface area contributed by atoms with Crippen LogP contribution in [0.2, 0.25) is 0 Å². The van der Waals surface area contributed by atoms with E-state index in [1.807, 2.05) is 25.1 Å². The zero-order chi connectivity index (χ0) is 15.2. The highest BCUT2D eigenvalue weighted by Crippen LogP contribution is 2.39. The average Bonchev–Trinajstić information content (AvgIpc) is 2.47. The second-order valence-corrected chi connectivity index (χ2v) is 5.40. The Morgan fingerprint density at radius 2 is 1.76 bits per heavy atom. The van der Waals surface area contributed by atoms with E-state index in [-0.39, 0.29) is 17.2 Å². The van der Waals surface area contributed by atoms with Crippen LogP contribution in [-0.2, 0) is 0 Å². The third-order valence-electron chi connectivity index (χ3n) is 2.66. The van der Waals surface area contributed by atoms with Gasteiger partial charge in [0, 0.05) is 0 Å². The van der Waals surface area contributed by atoms with E-state index in [1.54, 1.807) is 24.3 Å². The lowest BCUT2D eigenvalue weighted by Crippen LogP contribution is -2.01. The molecule has 0 atom stereocenters. The average molecular weight is 399 g/mol. The van der Waals surface area contributed by atoms with Crippen LogP contribution in [0.3, 0.4) is 0 Å². The first-order chi connectivity index (χ1) is 10.1. The van der Waals surface area contributed by atoms with Gasteiger partial charge in [0.2, 0.25) is 11.5 Å². The van der Waals surface area contributed by atoms with Gasteiger partial charge in [-0.15, -0.1) is 0 Å². The van der Waals surface area contributed by atoms with Crippen molar-refractivity contribution in [1.82, 2.24) is 0 Å². The minimum atomic E-state index is -0.476. The van der Waals surface area contributed by atoms with Crippen LogP contribution in [0.15, 0.2) is 42.5 Å². The lowest BCUT2D eigenvalue weighted by atomic mass is 10.2. The standard InChI is InChI=1S/C15H14INO4/c1-2-10-20-13-8-5-9-14(15(13)17(18)19)21-12-7-4-3-6-11(12)16/h3-9H,2,10H2,1H3. The first-order valence-electron chi connectivity index (χ1n) is 6.46. The number of nitro benzene ring substituents is 1. The molecule has 0 spiro atoms. The Kier molecular flexibility index (Phi) is 5.38. The van der Waals surface area contributed by atoms with Crippen molar-refractivity contribution in [3.05, 3.63) is 56.1 Å². The van der Waals surface area contributed by atoms with Crippen LogP contribution in [0.1, 0.15) is 13.3 Å². The van der Waals surface area contributed by atoms with Gasteiger partial charge in [-0.25, -0.2) is 0 Å². The van der Waals surface area contributed by atoms with Crippen molar-refractivity contribution in [1.29, 1.82) is 0 Å². The van der Waals surface area contributed by atoms with Gasteiger partial charge in [0.05, 0.1) is 15.1 Å². The summed E-state index contributed by atoms with van der Waals surface area (Å²) in [6.07, 6.45) is 0.777. The third-order valence-corrected chi connectivity index (χ3v) is 3.55. The summed E-state index contributed by atoms with van der Waals surface area (Å²) in [5.41, 5.74) is -0.148. The van der Waals surface area contributed by atoms with Gasteiger partial charge in [-0.2, -0.15) is 0 Å². The van der Waals surface area contributed by atoms with Crippen LogP contribution in [0.25, 0.3) is 0 Å². The molecule has 21 heavy (non-hydrogen) atoms. The van der Waals surface area contributed by atoms with Crippen molar-refractivity contribution in [3.63, 3.8) is 0 Å². The maximum atomic E-state index is 11.3. The Morgan fingerprint density at radius 1 is 1.10 bits per heavy atom. The molecule has 5 nitrogen and oxygen atoms in total. The molecule has 110 valence electrons. The molecule has 0 aliphatic carbocycles. The molecule has 2 rings (SSSR count). The third kappa shape index (κ3) is 3.84. The van der Waals surface area contributed by atoms with Gasteiger partial charge in [-0.3, -0.25) is 10.1 Å². The van der Waals surface area contributed by atoms with Crippen molar-refractivity contribution < 1.29 is 14.4 Å². The molecule has 0 aromatic heterocycles. The molecule has 0 fully saturated rings. The van der Waals surface area contributed by atoms with Crippen molar-refractivity contribution in [2.75, 3.05) is 6.61 Å². The smallest absolute Gasteiger partial charge is 0.352 e. The van der Waals surface area contributed by atoms with Crippen LogP contribution in [0, 0.1) is 13.7 Å². The molecule has 0 saturated heterocycles. The van der Waals surface area contributed by atoms with E-state index in [0.29, 0.717) is 12.4 Å². The highest BCUT2D eigenvalue weighted by Gasteiger charge is 2.23. The molecule has 0 amide bonds. The van der Waals surface area contributed by atoms with Gasteiger partial charge in [-0.05, 0) is 53.3 Å². The number of hydrogen-bond acceptors (Lipinski definition) is 4. The fourth-order valence-electron chi connectivity index (χ4n) is 1.74. The Morgan fingerprint density at radius 3 is 2.43 bits per heavy atom. The van der Waals surface area contributed by atoms with Crippen molar-refractivity contribution in [2.45, 2.75) is 13.3 Å². The topological polar surface area (TPSA) is 61.6 Å². The summed E-state index contributed by atoms with van der Waals surface area (Å²) in [7, 11) is 0. The van der Waals surface area contributed by atoms with Gasteiger partial charge in [0.1, 0.15) is 5.75 Å². The number of nitro groups is 1. The molecular formula is C15H14INO4. The summed E-state index contributed by atoms with van der Waals surface area (Å²) in [4.78, 5) is 10.8. The number of nitrogens with zero attached hydrogens (tertiary/aromatic N) is 1. The second-order valence-electron chi connectivity index (χ2n) is 4.24. The summed E-state index contributed by atoms with van der Waals surface area (Å²) < 4.78 is 12.0. The molecule has 0 unspecified atom stereocenters. The number of halogens is 1. The number of para-hydroxylation sites is 2. The van der Waals surface area contributed by atoms with Crippen LogP contribution in [0.5, 0.6) is 17.2 Å². The molecule has 0 radical (unpaired) electrons. The van der Waals surface area contributed by atoms with Crippen molar-refractivity contribution in [2.24, 2.45) is 0 Å². The number of rotatable bonds is 6. The molecule has 0 N–H and O–H groups in total. The predicted molar refractivity (Wildman–Crippen MR) is 88.1 cm³/mol. The monoisotopic (exact) mass is 399 g/mol. The summed E-state index contributed by atoms with van der Waals surface area (Å²) in [6.45, 7) is 2.37. The van der Waals surface area contributed by atoms with E-state index in [9.17, 15) is 10.1 Å². The molecular weight excluding hydrogens is 385 g/mol. The Labute approximate surface area is 136 Å². The summed E-state index contributed by atoms with van der Waals surface area (Å²) in [5.74, 6) is 0.983. The fourth-order valence-corrected chi connectivity index (χ4v) is 2.24. The van der Waals surface area contributed by atoms with E-state index < -0.39 is 4.92 Å². The van der Waals surface area contributed by atoms with Crippen LogP contribution >= 0.6 is 22.6 Å². The van der Waals surface area contributed by atoms with Gasteiger partial charge in [-0.1, -0.05) is 25.1 Å². The first kappa shape index (κ1) is 15.6. The Balaban J connectivity index is 2.39. The molecule has 2 aromatic carbocycles. The highest BCUT2D eigenvalue weighted by molar-refractivity contribution is 14.1. The molecule has 0 saturated carbocycles. The number of ether oxygens (including phenoxy) is 2. The normalized spacial score (nSPS) is 10.2. The van der Waals surface area contributed by atoms with E-state index in [0.717, 1.165) is 9.99 Å². The quantitative estimate of drug-likeness (QED) is 0.399. The molecule has 0 aliphatic heterocycles. The van der Waals surface area contributed by atoms with Crippen molar-refractivity contribution >= 4 is 28.3 Å². The number of benzene rings is 2. The van der Waals surface area contributed by atoms with Crippen LogP contribution in [0.4, 0.5) is 5.69 Å². The summed E-state index contributed by atoms with van der Waals surface area (Å²) >= 11 is 2.12. The molecule has 2 aromatic rings. The molecule has 6 heteroatoms. The predicted octanol–water partition coefficient (Wildman–Crippen LogP) is 4.78. The minimum absolute atomic E-state index is 0.148. The van der Waals surface area contributed by atoms with Crippen LogP contribution in [-0.4, -0.2) is 11.5 Å². The lowest BCUT2D eigenvalue weighted by molar-refractivity contribution is -0.386. The van der Waals surface area contributed by atoms with Crippen LogP contribution < -0.4 is 9.47 Å². The molecule has 0 aliphatic rings. The van der Waals surface area contributed by atoms with E-state index in [2.05, 4.69) is 22.6 Å². The summed E-state index contributed by atoms with van der Waals surface area (Å²) in [6, 6.07) is 12.2. The maximum absolute atomic E-state index is 11.3. The Bertz CT molecular complexity index is 645. The van der Waals surface area contributed by atoms with E-state index >= 15 is 0 Å². The maximum Gasteiger partial charge on any atom is 0.352 e. The first-order valence-corrected chi connectivity index (χ1v) is 7.54. The van der Waals surface area contributed by atoms with Gasteiger partial charge in [0.25, 0.3) is 0 Å². The SMILES string of the molecule is CCCOc1cccc(Oc2ccccc2I)c1[N+](=O)[O-]. The zero-order valence-corrected chi connectivity index (χ0v) is 13.6. The number of hydrogen-bond donors (Lipinski definition) is 0. The van der Waals surface area contributed by atoms with Gasteiger partial charge < -0.3 is 9.47 Å². The summed E-state index contributed by atoms with van der Waals surface area (Å²) in [5, 5.41) is 11.3. The molecule has 0 heterocycles. The van der Waals surface area contributed by atoms with E-state index in [1.165, 1.54) is 0 Å². The largest absolute Gasteiger partial charge is 0.487 e. The van der Waals surface area contributed by atoms with Gasteiger partial charge >= 0.3 is 5.69 Å². The Hall–Kier alpha value is -1.83. The van der Waals surface area contributed by atoms with E-state index in [4.69, 9.17) is 9.47 Å². The minimum Gasteiger partial charge on any atom is -0.487 e. The zero-order valence-electron chi connectivity index (χ0n) is 11.4. The fraction of sp³-hybridized carbons (Fsp3) is 0.200. The van der Waals surface area contributed by atoms with Gasteiger partial charge in [0.15, 0.2) is 0 Å². The molecule has 0 bridgehead atoms. The second kappa shape index (κ2) is 7.26. The van der Waals surface area contributed by atoms with Crippen molar-refractivity contribution in [3.8, 4) is 17.2 Å².